The summed E-state index contributed by atoms with van der Waals surface area (Å²) in [5.74, 6) is 0. The minimum atomic E-state index is -5.20. The Morgan fingerprint density at radius 1 is 1.29 bits per heavy atom. The number of hydrogen-bond acceptors (Lipinski definition) is 3. The Kier molecular flexibility index (Phi) is 2.57. The summed E-state index contributed by atoms with van der Waals surface area (Å²) in [6.45, 7) is -5.20. The summed E-state index contributed by atoms with van der Waals surface area (Å²) in [4.78, 5) is 2.81. The van der Waals surface area contributed by atoms with Crippen LogP contribution in [0.2, 0.25) is 0 Å². The van der Waals surface area contributed by atoms with Crippen molar-refractivity contribution in [2.75, 3.05) is 6.26 Å². The van der Waals surface area contributed by atoms with Crippen LogP contribution in [0.3, 0.4) is 0 Å². The first-order valence-corrected chi connectivity index (χ1v) is 5.45. The molecule has 1 aromatic heterocycles. The van der Waals surface area contributed by atoms with E-state index in [0.717, 1.165) is 12.5 Å². The largest absolute Gasteiger partial charge is 0.511 e. The Balaban J connectivity index is 3.29. The lowest BCUT2D eigenvalue weighted by atomic mass is 9.82. The number of pyridine rings is 1. The molecule has 1 aromatic rings. The number of nitrogens with zero attached hydrogens (tertiary/aromatic N) is 1. The second-order valence-electron chi connectivity index (χ2n) is 2.80. The fraction of sp³-hybridized carbons (Fsp3) is 0.167. The first-order valence-electron chi connectivity index (χ1n) is 3.56. The Labute approximate surface area is 78.9 Å². The highest BCUT2D eigenvalue weighted by atomic mass is 32.2. The third-order valence-corrected chi connectivity index (χ3v) is 2.62. The summed E-state index contributed by atoms with van der Waals surface area (Å²) in [7, 11) is -3.64. The monoisotopic (exact) mass is 224 g/mol. The third kappa shape index (κ3) is 2.47. The highest BCUT2D eigenvalue weighted by Gasteiger charge is 2.26. The molecule has 0 aromatic carbocycles. The average Bonchev–Trinajstić information content (AvgIpc) is 2.01. The van der Waals surface area contributed by atoms with E-state index in [9.17, 15) is 21.4 Å². The topological polar surface area (TPSA) is 47.0 Å². The summed E-state index contributed by atoms with van der Waals surface area (Å²) in [6.07, 6.45) is 2.33. The lowest BCUT2D eigenvalue weighted by Gasteiger charge is -2.14. The van der Waals surface area contributed by atoms with Crippen LogP contribution in [0.15, 0.2) is 23.4 Å². The molecule has 0 fully saturated rings. The second kappa shape index (κ2) is 3.27. The van der Waals surface area contributed by atoms with Crippen molar-refractivity contribution in [1.82, 2.24) is 4.98 Å². The SMILES string of the molecule is CS(=O)(=O)c1cncc([B-](F)(F)F)c1. The number of halogens is 3. The summed E-state index contributed by atoms with van der Waals surface area (Å²) in [5.41, 5.74) is -1.01. The van der Waals surface area contributed by atoms with Crippen LogP contribution in [-0.2, 0) is 9.84 Å². The molecule has 0 aliphatic heterocycles. The smallest absolute Gasteiger partial charge is 0.445 e. The van der Waals surface area contributed by atoms with E-state index in [4.69, 9.17) is 0 Å². The molecule has 78 valence electrons. The van der Waals surface area contributed by atoms with E-state index in [0.29, 0.717) is 12.3 Å². The van der Waals surface area contributed by atoms with Gasteiger partial charge in [-0.3, -0.25) is 4.98 Å². The number of rotatable bonds is 2. The molecule has 0 atom stereocenters. The molecule has 0 unspecified atom stereocenters. The molecule has 0 aliphatic rings. The van der Waals surface area contributed by atoms with Gasteiger partial charge in [0.15, 0.2) is 9.84 Å². The molecule has 3 nitrogen and oxygen atoms in total. The van der Waals surface area contributed by atoms with E-state index in [-0.39, 0.29) is 0 Å². The maximum atomic E-state index is 12.2. The van der Waals surface area contributed by atoms with Gasteiger partial charge in [-0.2, -0.15) is 0 Å². The van der Waals surface area contributed by atoms with Gasteiger partial charge >= 0.3 is 6.98 Å². The average molecular weight is 224 g/mol. The molecule has 0 saturated heterocycles. The molecule has 0 amide bonds. The molecule has 1 rings (SSSR count). The molecule has 0 radical (unpaired) electrons. The van der Waals surface area contributed by atoms with Crippen LogP contribution in [0.5, 0.6) is 0 Å². The van der Waals surface area contributed by atoms with Gasteiger partial charge < -0.3 is 12.9 Å². The Hall–Kier alpha value is -1.05. The van der Waals surface area contributed by atoms with Gasteiger partial charge in [-0.1, -0.05) is 11.5 Å². The summed E-state index contributed by atoms with van der Waals surface area (Å²) >= 11 is 0. The van der Waals surface area contributed by atoms with Crippen molar-refractivity contribution in [3.8, 4) is 0 Å². The van der Waals surface area contributed by atoms with Crippen LogP contribution in [-0.4, -0.2) is 26.6 Å². The normalized spacial score (nSPS) is 12.9. The van der Waals surface area contributed by atoms with Crippen molar-refractivity contribution in [1.29, 1.82) is 0 Å². The molecular weight excluding hydrogens is 218 g/mol. The second-order valence-corrected chi connectivity index (χ2v) is 4.82. The van der Waals surface area contributed by atoms with Crippen LogP contribution in [0, 0.1) is 0 Å². The Bertz CT molecular complexity index is 443. The van der Waals surface area contributed by atoms with Crippen molar-refractivity contribution < 1.29 is 21.4 Å². The van der Waals surface area contributed by atoms with Crippen molar-refractivity contribution >= 4 is 22.3 Å². The predicted octanol–water partition coefficient (Wildman–Crippen LogP) is 0.540. The molecule has 0 saturated carbocycles. The van der Waals surface area contributed by atoms with Crippen LogP contribution in [0.25, 0.3) is 0 Å². The fourth-order valence-electron chi connectivity index (χ4n) is 0.817. The first kappa shape index (κ1) is 11.0. The lowest BCUT2D eigenvalue weighted by Crippen LogP contribution is -2.34. The summed E-state index contributed by atoms with van der Waals surface area (Å²) in [6, 6.07) is 0.586. The minimum absolute atomic E-state index is 0.422. The van der Waals surface area contributed by atoms with Crippen LogP contribution in [0.4, 0.5) is 12.9 Å². The zero-order chi connectivity index (χ0) is 11.0. The standard InChI is InChI=1S/C6H6BF3NO2S/c1-14(12,13)6-2-5(3-11-4-6)7(8,9)10/h2-4H,1H3/q-1. The molecule has 0 N–H and O–H groups in total. The van der Waals surface area contributed by atoms with Crippen molar-refractivity contribution in [2.45, 2.75) is 4.90 Å². The van der Waals surface area contributed by atoms with E-state index in [1.807, 2.05) is 0 Å². The maximum absolute atomic E-state index is 12.2. The van der Waals surface area contributed by atoms with Crippen LogP contribution < -0.4 is 5.46 Å². The van der Waals surface area contributed by atoms with Gasteiger partial charge in [-0.25, -0.2) is 8.42 Å². The van der Waals surface area contributed by atoms with E-state index < -0.39 is 27.2 Å². The Morgan fingerprint density at radius 3 is 2.29 bits per heavy atom. The van der Waals surface area contributed by atoms with Crippen molar-refractivity contribution in [2.24, 2.45) is 0 Å². The number of aromatic nitrogens is 1. The van der Waals surface area contributed by atoms with E-state index >= 15 is 0 Å². The molecule has 0 aliphatic carbocycles. The van der Waals surface area contributed by atoms with E-state index in [2.05, 4.69) is 4.98 Å². The fourth-order valence-corrected chi connectivity index (χ4v) is 1.42. The van der Waals surface area contributed by atoms with E-state index in [1.165, 1.54) is 0 Å². The van der Waals surface area contributed by atoms with Crippen molar-refractivity contribution in [3.05, 3.63) is 18.5 Å². The van der Waals surface area contributed by atoms with Gasteiger partial charge in [-0.15, -0.1) is 0 Å². The Morgan fingerprint density at radius 2 is 1.86 bits per heavy atom. The third-order valence-electron chi connectivity index (χ3n) is 1.54. The zero-order valence-corrected chi connectivity index (χ0v) is 7.93. The minimum Gasteiger partial charge on any atom is -0.445 e. The lowest BCUT2D eigenvalue weighted by molar-refractivity contribution is 0.500. The van der Waals surface area contributed by atoms with Crippen LogP contribution in [0.1, 0.15) is 0 Å². The van der Waals surface area contributed by atoms with Gasteiger partial charge in [-0.05, 0) is 0 Å². The van der Waals surface area contributed by atoms with Gasteiger partial charge in [0.05, 0.1) is 4.90 Å². The highest BCUT2D eigenvalue weighted by molar-refractivity contribution is 7.90. The highest BCUT2D eigenvalue weighted by Crippen LogP contribution is 2.11. The van der Waals surface area contributed by atoms with Gasteiger partial charge in [0.1, 0.15) is 0 Å². The molecule has 14 heavy (non-hydrogen) atoms. The van der Waals surface area contributed by atoms with E-state index in [1.54, 1.807) is 0 Å². The maximum Gasteiger partial charge on any atom is 0.511 e. The molecular formula is C6H6BF3NO2S-. The van der Waals surface area contributed by atoms with Gasteiger partial charge in [0.25, 0.3) is 0 Å². The summed E-state index contributed by atoms with van der Waals surface area (Å²) in [5, 5.41) is 0. The molecule has 8 heteroatoms. The molecule has 1 heterocycles. The summed E-state index contributed by atoms with van der Waals surface area (Å²) < 4.78 is 58.4. The quantitative estimate of drug-likeness (QED) is 0.688. The van der Waals surface area contributed by atoms with Gasteiger partial charge in [0.2, 0.25) is 0 Å². The van der Waals surface area contributed by atoms with Crippen molar-refractivity contribution in [3.63, 3.8) is 0 Å². The molecule has 0 bridgehead atoms. The number of sulfone groups is 1. The zero-order valence-electron chi connectivity index (χ0n) is 7.12. The van der Waals surface area contributed by atoms with Gasteiger partial charge in [0, 0.05) is 18.6 Å². The molecule has 0 spiro atoms. The van der Waals surface area contributed by atoms with Crippen LogP contribution >= 0.6 is 0 Å². The first-order chi connectivity index (χ1) is 6.21. The predicted molar refractivity (Wildman–Crippen MR) is 46.1 cm³/mol. The number of hydrogen-bond donors (Lipinski definition) is 0.